The van der Waals surface area contributed by atoms with Crippen LogP contribution in [0.5, 0.6) is 11.5 Å². The molecule has 2 aromatic rings. The van der Waals surface area contributed by atoms with E-state index in [1.807, 2.05) is 35.2 Å². The van der Waals surface area contributed by atoms with E-state index in [1.54, 1.807) is 14.2 Å². The Balaban J connectivity index is 1.57. The first-order valence-corrected chi connectivity index (χ1v) is 9.44. The van der Waals surface area contributed by atoms with Crippen LogP contribution in [0.3, 0.4) is 0 Å². The number of carbonyl (C=O) groups is 1. The molecule has 0 aromatic heterocycles. The van der Waals surface area contributed by atoms with Crippen molar-refractivity contribution in [2.45, 2.75) is 38.8 Å². The van der Waals surface area contributed by atoms with E-state index in [1.165, 1.54) is 11.1 Å². The second-order valence-corrected chi connectivity index (χ2v) is 7.02. The highest BCUT2D eigenvalue weighted by Crippen LogP contribution is 2.33. The third-order valence-electron chi connectivity index (χ3n) is 5.08. The highest BCUT2D eigenvalue weighted by atomic mass is 16.5. The molecule has 0 saturated carbocycles. The van der Waals surface area contributed by atoms with E-state index in [9.17, 15) is 4.79 Å². The molecule has 2 aromatic carbocycles. The molecule has 0 saturated heterocycles. The molecule has 0 radical (unpaired) electrons. The molecule has 3 rings (SSSR count). The molecular weight excluding hydrogens is 340 g/mol. The third kappa shape index (κ3) is 4.73. The number of amides is 2. The zero-order chi connectivity index (χ0) is 19.2. The summed E-state index contributed by atoms with van der Waals surface area (Å²) in [7, 11) is 3.27. The molecule has 0 fully saturated rings. The summed E-state index contributed by atoms with van der Waals surface area (Å²) >= 11 is 0. The van der Waals surface area contributed by atoms with Gasteiger partial charge in [0.1, 0.15) is 0 Å². The van der Waals surface area contributed by atoms with Crippen LogP contribution in [0.15, 0.2) is 42.5 Å². The maximum Gasteiger partial charge on any atom is 0.317 e. The first kappa shape index (κ1) is 19.1. The number of hydrogen-bond acceptors (Lipinski definition) is 3. The topological polar surface area (TPSA) is 50.8 Å². The summed E-state index contributed by atoms with van der Waals surface area (Å²) in [4.78, 5) is 14.5. The van der Waals surface area contributed by atoms with Crippen LogP contribution >= 0.6 is 0 Å². The summed E-state index contributed by atoms with van der Waals surface area (Å²) in [6, 6.07) is 14.5. The number of aryl methyl sites for hydroxylation is 1. The number of hydrogen-bond donors (Lipinski definition) is 1. The van der Waals surface area contributed by atoms with Crippen molar-refractivity contribution in [3.63, 3.8) is 0 Å². The van der Waals surface area contributed by atoms with Crippen molar-refractivity contribution in [1.29, 1.82) is 0 Å². The zero-order valence-corrected chi connectivity index (χ0v) is 16.3. The van der Waals surface area contributed by atoms with Crippen LogP contribution in [0.4, 0.5) is 4.79 Å². The van der Waals surface area contributed by atoms with Gasteiger partial charge in [-0.1, -0.05) is 30.3 Å². The second kappa shape index (κ2) is 8.80. The maximum atomic E-state index is 12.7. The summed E-state index contributed by atoms with van der Waals surface area (Å²) in [6.07, 6.45) is 2.70. The predicted molar refractivity (Wildman–Crippen MR) is 106 cm³/mol. The van der Waals surface area contributed by atoms with E-state index in [0.29, 0.717) is 18.8 Å². The number of urea groups is 1. The van der Waals surface area contributed by atoms with Crippen LogP contribution in [0.2, 0.25) is 0 Å². The molecule has 1 aliphatic rings. The zero-order valence-electron chi connectivity index (χ0n) is 16.3. The molecule has 1 N–H and O–H groups in total. The number of carbonyl (C=O) groups excluding carboxylic acids is 1. The lowest BCUT2D eigenvalue weighted by Gasteiger charge is -2.30. The van der Waals surface area contributed by atoms with Gasteiger partial charge in [0, 0.05) is 19.1 Å². The minimum Gasteiger partial charge on any atom is -0.493 e. The van der Waals surface area contributed by atoms with E-state index in [0.717, 1.165) is 30.6 Å². The van der Waals surface area contributed by atoms with Crippen LogP contribution in [0, 0.1) is 0 Å². The van der Waals surface area contributed by atoms with Gasteiger partial charge < -0.3 is 19.7 Å². The Bertz CT molecular complexity index is 777. The van der Waals surface area contributed by atoms with Gasteiger partial charge >= 0.3 is 6.03 Å². The molecule has 1 aliphatic heterocycles. The number of rotatable bonds is 6. The van der Waals surface area contributed by atoms with Crippen molar-refractivity contribution < 1.29 is 14.3 Å². The van der Waals surface area contributed by atoms with Gasteiger partial charge in [-0.15, -0.1) is 0 Å². The smallest absolute Gasteiger partial charge is 0.317 e. The second-order valence-electron chi connectivity index (χ2n) is 7.02. The van der Waals surface area contributed by atoms with E-state index in [-0.39, 0.29) is 12.1 Å². The van der Waals surface area contributed by atoms with E-state index in [4.69, 9.17) is 9.47 Å². The van der Waals surface area contributed by atoms with Gasteiger partial charge in [0.2, 0.25) is 0 Å². The summed E-state index contributed by atoms with van der Waals surface area (Å²) in [6.45, 7) is 3.36. The molecule has 0 aliphatic carbocycles. The number of nitrogens with one attached hydrogen (secondary N) is 1. The minimum absolute atomic E-state index is 0.00371. The monoisotopic (exact) mass is 368 g/mol. The lowest BCUT2D eigenvalue weighted by molar-refractivity contribution is 0.188. The van der Waals surface area contributed by atoms with Gasteiger partial charge in [0.05, 0.1) is 14.2 Å². The maximum absolute atomic E-state index is 12.7. The number of benzene rings is 2. The molecule has 27 heavy (non-hydrogen) atoms. The van der Waals surface area contributed by atoms with Crippen LogP contribution in [0.1, 0.15) is 30.0 Å². The minimum atomic E-state index is -0.00371. The van der Waals surface area contributed by atoms with E-state index >= 15 is 0 Å². The Morgan fingerprint density at radius 1 is 1.11 bits per heavy atom. The predicted octanol–water partition coefficient (Wildman–Crippen LogP) is 3.79. The fourth-order valence-electron chi connectivity index (χ4n) is 3.46. The van der Waals surface area contributed by atoms with Crippen LogP contribution < -0.4 is 14.8 Å². The summed E-state index contributed by atoms with van der Waals surface area (Å²) in [5, 5.41) is 3.13. The van der Waals surface area contributed by atoms with E-state index < -0.39 is 0 Å². The molecule has 0 spiro atoms. The van der Waals surface area contributed by atoms with Gasteiger partial charge in [-0.2, -0.15) is 0 Å². The van der Waals surface area contributed by atoms with Gasteiger partial charge in [-0.05, 0) is 55.0 Å². The van der Waals surface area contributed by atoms with Gasteiger partial charge in [0.25, 0.3) is 0 Å². The SMILES string of the molecule is COc1cc2c(cc1OC)CN(C(=O)NC(C)CCc1ccccc1)CC2. The van der Waals surface area contributed by atoms with Crippen LogP contribution in [-0.4, -0.2) is 37.7 Å². The van der Waals surface area contributed by atoms with Crippen molar-refractivity contribution in [2.24, 2.45) is 0 Å². The first-order valence-electron chi connectivity index (χ1n) is 9.44. The molecule has 5 nitrogen and oxygen atoms in total. The molecular formula is C22H28N2O3. The van der Waals surface area contributed by atoms with Gasteiger partial charge in [-0.25, -0.2) is 4.79 Å². The average Bonchev–Trinajstić information content (AvgIpc) is 2.71. The Labute approximate surface area is 161 Å². The fraction of sp³-hybridized carbons (Fsp3) is 0.409. The fourth-order valence-corrected chi connectivity index (χ4v) is 3.46. The Morgan fingerprint density at radius 3 is 2.44 bits per heavy atom. The largest absolute Gasteiger partial charge is 0.493 e. The van der Waals surface area contributed by atoms with Gasteiger partial charge in [0.15, 0.2) is 11.5 Å². The van der Waals surface area contributed by atoms with E-state index in [2.05, 4.69) is 24.4 Å². The van der Waals surface area contributed by atoms with Crippen molar-refractivity contribution >= 4 is 6.03 Å². The van der Waals surface area contributed by atoms with Crippen molar-refractivity contribution in [3.8, 4) is 11.5 Å². The first-order chi connectivity index (χ1) is 13.1. The summed E-state index contributed by atoms with van der Waals surface area (Å²) < 4.78 is 10.8. The average molecular weight is 368 g/mol. The number of nitrogens with zero attached hydrogens (tertiary/aromatic N) is 1. The molecule has 2 amide bonds. The normalized spacial score (nSPS) is 14.3. The number of ether oxygens (including phenoxy) is 2. The highest BCUT2D eigenvalue weighted by molar-refractivity contribution is 5.75. The standard InChI is InChI=1S/C22H28N2O3/c1-16(9-10-17-7-5-4-6-8-17)23-22(25)24-12-11-18-13-20(26-2)21(27-3)14-19(18)15-24/h4-8,13-14,16H,9-12,15H2,1-3H3,(H,23,25). The Kier molecular flexibility index (Phi) is 6.22. The molecule has 5 heteroatoms. The van der Waals surface area contributed by atoms with Crippen molar-refractivity contribution in [1.82, 2.24) is 10.2 Å². The number of fused-ring (bicyclic) bond motifs is 1. The molecule has 1 atom stereocenters. The van der Waals surface area contributed by atoms with Gasteiger partial charge in [-0.3, -0.25) is 0 Å². The Hall–Kier alpha value is -2.69. The molecule has 0 bridgehead atoms. The Morgan fingerprint density at radius 2 is 1.78 bits per heavy atom. The summed E-state index contributed by atoms with van der Waals surface area (Å²) in [5.74, 6) is 1.44. The summed E-state index contributed by atoms with van der Waals surface area (Å²) in [5.41, 5.74) is 3.63. The highest BCUT2D eigenvalue weighted by Gasteiger charge is 2.23. The van der Waals surface area contributed by atoms with Crippen LogP contribution in [0.25, 0.3) is 0 Å². The number of methoxy groups -OCH3 is 2. The van der Waals surface area contributed by atoms with Crippen LogP contribution in [-0.2, 0) is 19.4 Å². The molecule has 1 heterocycles. The third-order valence-corrected chi connectivity index (χ3v) is 5.08. The lowest BCUT2D eigenvalue weighted by atomic mass is 9.99. The van der Waals surface area contributed by atoms with Crippen molar-refractivity contribution in [3.05, 3.63) is 59.2 Å². The quantitative estimate of drug-likeness (QED) is 0.844. The lowest BCUT2D eigenvalue weighted by Crippen LogP contribution is -2.46. The molecule has 144 valence electrons. The molecule has 1 unspecified atom stereocenters. The van der Waals surface area contributed by atoms with Crippen molar-refractivity contribution in [2.75, 3.05) is 20.8 Å².